The highest BCUT2D eigenvalue weighted by Gasteiger charge is 2.07. The molecule has 2 N–H and O–H groups in total. The number of sulfonamides is 1. The first kappa shape index (κ1) is 20.2. The standard InChI is InChI=1S/C21H28N2O2S/c1-5-26(24,25)23-20-9-7-19(8-10-20)21-11-6-18(14-17(21)4)15-22-13-12-16(2)3/h5-11,14,16,22-23H,1,12-13,15H2,2-4H3. The maximum Gasteiger partial charge on any atom is 0.254 e. The number of rotatable bonds is 9. The first-order chi connectivity index (χ1) is 12.3. The molecule has 0 saturated heterocycles. The minimum atomic E-state index is -3.47. The number of hydrogen-bond acceptors (Lipinski definition) is 3. The molecule has 0 bridgehead atoms. The molecule has 2 aromatic rings. The van der Waals surface area contributed by atoms with Crippen LogP contribution < -0.4 is 10.0 Å². The lowest BCUT2D eigenvalue weighted by Gasteiger charge is -2.11. The summed E-state index contributed by atoms with van der Waals surface area (Å²) in [5.41, 5.74) is 5.20. The van der Waals surface area contributed by atoms with Crippen molar-refractivity contribution in [2.75, 3.05) is 11.3 Å². The summed E-state index contributed by atoms with van der Waals surface area (Å²) in [6, 6.07) is 13.8. The molecule has 0 amide bonds. The van der Waals surface area contributed by atoms with Gasteiger partial charge in [-0.2, -0.15) is 0 Å². The van der Waals surface area contributed by atoms with Gasteiger partial charge in [-0.1, -0.05) is 50.8 Å². The summed E-state index contributed by atoms with van der Waals surface area (Å²) >= 11 is 0. The molecule has 0 atom stereocenters. The lowest BCUT2D eigenvalue weighted by molar-refractivity contribution is 0.537. The van der Waals surface area contributed by atoms with Gasteiger partial charge < -0.3 is 5.32 Å². The van der Waals surface area contributed by atoms with E-state index in [9.17, 15) is 8.42 Å². The van der Waals surface area contributed by atoms with Crippen LogP contribution in [-0.4, -0.2) is 15.0 Å². The first-order valence-corrected chi connectivity index (χ1v) is 10.4. The molecule has 4 nitrogen and oxygen atoms in total. The molecule has 2 rings (SSSR count). The third kappa shape index (κ3) is 6.00. The molecule has 0 spiro atoms. The number of anilines is 1. The fourth-order valence-corrected chi connectivity index (χ4v) is 3.25. The molecular weight excluding hydrogens is 344 g/mol. The molecule has 140 valence electrons. The van der Waals surface area contributed by atoms with E-state index in [4.69, 9.17) is 0 Å². The van der Waals surface area contributed by atoms with Gasteiger partial charge in [-0.05, 0) is 60.2 Å². The summed E-state index contributed by atoms with van der Waals surface area (Å²) in [7, 11) is -3.47. The number of hydrogen-bond donors (Lipinski definition) is 2. The van der Waals surface area contributed by atoms with Gasteiger partial charge in [-0.3, -0.25) is 4.72 Å². The van der Waals surface area contributed by atoms with Crippen LogP contribution in [0.5, 0.6) is 0 Å². The van der Waals surface area contributed by atoms with Crippen LogP contribution in [-0.2, 0) is 16.6 Å². The highest BCUT2D eigenvalue weighted by molar-refractivity contribution is 7.95. The van der Waals surface area contributed by atoms with E-state index in [1.165, 1.54) is 17.5 Å². The largest absolute Gasteiger partial charge is 0.313 e. The Morgan fingerprint density at radius 2 is 1.81 bits per heavy atom. The van der Waals surface area contributed by atoms with Crippen molar-refractivity contribution in [1.82, 2.24) is 5.32 Å². The van der Waals surface area contributed by atoms with Crippen LogP contribution in [0.3, 0.4) is 0 Å². The second kappa shape index (κ2) is 9.01. The zero-order valence-corrected chi connectivity index (χ0v) is 16.6. The topological polar surface area (TPSA) is 58.2 Å². The average Bonchev–Trinajstić information content (AvgIpc) is 2.59. The zero-order valence-electron chi connectivity index (χ0n) is 15.7. The van der Waals surface area contributed by atoms with Gasteiger partial charge in [0.2, 0.25) is 0 Å². The molecule has 0 aliphatic carbocycles. The van der Waals surface area contributed by atoms with E-state index in [1.54, 1.807) is 12.1 Å². The lowest BCUT2D eigenvalue weighted by Crippen LogP contribution is -2.16. The molecule has 2 aromatic carbocycles. The predicted octanol–water partition coefficient (Wildman–Crippen LogP) is 4.68. The van der Waals surface area contributed by atoms with E-state index in [-0.39, 0.29) is 0 Å². The summed E-state index contributed by atoms with van der Waals surface area (Å²) < 4.78 is 25.5. The Labute approximate surface area is 157 Å². The third-order valence-electron chi connectivity index (χ3n) is 4.19. The van der Waals surface area contributed by atoms with Gasteiger partial charge in [0.25, 0.3) is 10.0 Å². The minimum absolute atomic E-state index is 0.525. The van der Waals surface area contributed by atoms with Gasteiger partial charge in [-0.15, -0.1) is 0 Å². The summed E-state index contributed by atoms with van der Waals surface area (Å²) in [5.74, 6) is 0.713. The van der Waals surface area contributed by atoms with Crippen molar-refractivity contribution in [1.29, 1.82) is 0 Å². The van der Waals surface area contributed by atoms with Gasteiger partial charge in [0, 0.05) is 17.6 Å². The minimum Gasteiger partial charge on any atom is -0.313 e. The van der Waals surface area contributed by atoms with Crippen molar-refractivity contribution in [3.8, 4) is 11.1 Å². The van der Waals surface area contributed by atoms with E-state index < -0.39 is 10.0 Å². The van der Waals surface area contributed by atoms with E-state index in [2.05, 4.69) is 55.6 Å². The van der Waals surface area contributed by atoms with Crippen LogP contribution in [0.15, 0.2) is 54.5 Å². The van der Waals surface area contributed by atoms with Gasteiger partial charge in [0.15, 0.2) is 0 Å². The fourth-order valence-electron chi connectivity index (χ4n) is 2.71. The van der Waals surface area contributed by atoms with Gasteiger partial charge in [-0.25, -0.2) is 8.42 Å². The van der Waals surface area contributed by atoms with E-state index >= 15 is 0 Å². The molecule has 0 aliphatic rings. The number of benzene rings is 2. The van der Waals surface area contributed by atoms with Gasteiger partial charge in [0.1, 0.15) is 0 Å². The SMILES string of the molecule is C=CS(=O)(=O)Nc1ccc(-c2ccc(CNCCC(C)C)cc2C)cc1. The van der Waals surface area contributed by atoms with Gasteiger partial charge >= 0.3 is 0 Å². The Hall–Kier alpha value is -2.11. The zero-order chi connectivity index (χ0) is 19.2. The predicted molar refractivity (Wildman–Crippen MR) is 111 cm³/mol. The summed E-state index contributed by atoms with van der Waals surface area (Å²) in [6.45, 7) is 11.8. The monoisotopic (exact) mass is 372 g/mol. The van der Waals surface area contributed by atoms with Crippen LogP contribution in [0.4, 0.5) is 5.69 Å². The average molecular weight is 373 g/mol. The van der Waals surface area contributed by atoms with Crippen molar-refractivity contribution in [3.05, 3.63) is 65.6 Å². The molecule has 0 saturated carbocycles. The maximum atomic E-state index is 11.5. The Morgan fingerprint density at radius 3 is 2.38 bits per heavy atom. The summed E-state index contributed by atoms with van der Waals surface area (Å²) in [5, 5.41) is 4.38. The normalized spacial score (nSPS) is 11.5. The Morgan fingerprint density at radius 1 is 1.12 bits per heavy atom. The Kier molecular flexibility index (Phi) is 7.00. The van der Waals surface area contributed by atoms with Crippen molar-refractivity contribution in [2.24, 2.45) is 5.92 Å². The van der Waals surface area contributed by atoms with Crippen LogP contribution >= 0.6 is 0 Å². The smallest absolute Gasteiger partial charge is 0.254 e. The number of nitrogens with one attached hydrogen (secondary N) is 2. The molecular formula is C21H28N2O2S. The molecule has 0 unspecified atom stereocenters. The van der Waals surface area contributed by atoms with Crippen molar-refractivity contribution in [3.63, 3.8) is 0 Å². The Balaban J connectivity index is 2.05. The molecule has 0 fully saturated rings. The number of aryl methyl sites for hydroxylation is 1. The van der Waals surface area contributed by atoms with E-state index in [1.807, 2.05) is 12.1 Å². The highest BCUT2D eigenvalue weighted by Crippen LogP contribution is 2.26. The second-order valence-electron chi connectivity index (χ2n) is 6.90. The third-order valence-corrected chi connectivity index (χ3v) is 5.15. The van der Waals surface area contributed by atoms with Crippen molar-refractivity contribution < 1.29 is 8.42 Å². The van der Waals surface area contributed by atoms with Crippen LogP contribution in [0, 0.1) is 12.8 Å². The Bertz CT molecular complexity index is 841. The van der Waals surface area contributed by atoms with Crippen LogP contribution in [0.2, 0.25) is 0 Å². The van der Waals surface area contributed by atoms with E-state index in [0.717, 1.165) is 29.6 Å². The van der Waals surface area contributed by atoms with Crippen molar-refractivity contribution >= 4 is 15.7 Å². The summed E-state index contributed by atoms with van der Waals surface area (Å²) in [6.07, 6.45) is 1.18. The van der Waals surface area contributed by atoms with Gasteiger partial charge in [0.05, 0.1) is 0 Å². The first-order valence-electron chi connectivity index (χ1n) is 8.86. The second-order valence-corrected chi connectivity index (χ2v) is 8.53. The summed E-state index contributed by atoms with van der Waals surface area (Å²) in [4.78, 5) is 0. The molecule has 0 heterocycles. The molecule has 26 heavy (non-hydrogen) atoms. The lowest BCUT2D eigenvalue weighted by atomic mass is 9.98. The van der Waals surface area contributed by atoms with Crippen LogP contribution in [0.1, 0.15) is 31.4 Å². The highest BCUT2D eigenvalue weighted by atomic mass is 32.2. The maximum absolute atomic E-state index is 11.5. The molecule has 0 aliphatic heterocycles. The molecule has 0 radical (unpaired) electrons. The fraction of sp³-hybridized carbons (Fsp3) is 0.333. The molecule has 5 heteroatoms. The van der Waals surface area contributed by atoms with Crippen molar-refractivity contribution in [2.45, 2.75) is 33.7 Å². The molecule has 0 aromatic heterocycles. The van der Waals surface area contributed by atoms with Crippen LogP contribution in [0.25, 0.3) is 11.1 Å². The van der Waals surface area contributed by atoms with E-state index in [0.29, 0.717) is 11.6 Å². The quantitative estimate of drug-likeness (QED) is 0.628.